The molecule has 1 rings (SSSR count). The molecule has 0 unspecified atom stereocenters. The second-order valence-electron chi connectivity index (χ2n) is 4.20. The van der Waals surface area contributed by atoms with E-state index >= 15 is 0 Å². The van der Waals surface area contributed by atoms with E-state index in [-0.39, 0.29) is 12.5 Å². The van der Waals surface area contributed by atoms with Gasteiger partial charge >= 0.3 is 0 Å². The number of carbonyl (C=O) groups is 1. The molecule has 2 N–H and O–H groups in total. The van der Waals surface area contributed by atoms with Gasteiger partial charge in [0.15, 0.2) is 0 Å². The lowest BCUT2D eigenvalue weighted by molar-refractivity contribution is -0.119. The molecular weight excluding hydrogens is 235 g/mol. The maximum Gasteiger partial charge on any atom is 0.239 e. The first kappa shape index (κ1) is 14.4. The van der Waals surface area contributed by atoms with E-state index in [1.54, 1.807) is 26.1 Å². The molecule has 1 atom stereocenters. The number of hydrogen-bond acceptors (Lipinski definition) is 3. The summed E-state index contributed by atoms with van der Waals surface area (Å²) in [6, 6.07) is 4.50. The molecule has 4 nitrogen and oxygen atoms in total. The Morgan fingerprint density at radius 2 is 2.22 bits per heavy atom. The molecule has 0 aliphatic carbocycles. The van der Waals surface area contributed by atoms with Gasteiger partial charge in [0, 0.05) is 13.6 Å². The van der Waals surface area contributed by atoms with Gasteiger partial charge in [0.25, 0.3) is 0 Å². The maximum atomic E-state index is 13.8. The van der Waals surface area contributed by atoms with Crippen LogP contribution in [-0.4, -0.2) is 31.2 Å². The monoisotopic (exact) mass is 254 g/mol. The average molecular weight is 254 g/mol. The Morgan fingerprint density at radius 1 is 1.56 bits per heavy atom. The molecule has 0 spiro atoms. The lowest BCUT2D eigenvalue weighted by Gasteiger charge is -2.20. The number of hydrogen-bond donors (Lipinski definition) is 2. The number of rotatable bonds is 5. The van der Waals surface area contributed by atoms with Crippen LogP contribution in [0, 0.1) is 5.82 Å². The van der Waals surface area contributed by atoms with E-state index in [2.05, 4.69) is 5.32 Å². The zero-order chi connectivity index (χ0) is 13.7. The quantitative estimate of drug-likeness (QED) is 0.836. The molecule has 0 heterocycles. The molecule has 0 aromatic heterocycles. The Bertz CT molecular complexity index is 421. The molecule has 1 amide bonds. The minimum atomic E-state index is -0.706. The van der Waals surface area contributed by atoms with Gasteiger partial charge in [-0.2, -0.15) is 0 Å². The van der Waals surface area contributed by atoms with Crippen molar-refractivity contribution < 1.29 is 14.3 Å². The summed E-state index contributed by atoms with van der Waals surface area (Å²) in [5, 5.41) is 12.0. The van der Waals surface area contributed by atoms with Crippen LogP contribution in [0.25, 0.3) is 0 Å². The number of halogens is 1. The second kappa shape index (κ2) is 6.35. The summed E-state index contributed by atoms with van der Waals surface area (Å²) < 4.78 is 13.8. The molecule has 0 fully saturated rings. The Kier molecular flexibility index (Phi) is 5.09. The third-order valence-electron chi connectivity index (χ3n) is 2.62. The predicted molar refractivity (Wildman–Crippen MR) is 69.0 cm³/mol. The van der Waals surface area contributed by atoms with Crippen LogP contribution in [-0.2, 0) is 4.79 Å². The van der Waals surface area contributed by atoms with Crippen LogP contribution >= 0.6 is 0 Å². The molecule has 0 radical (unpaired) electrons. The molecule has 5 heteroatoms. The number of anilines is 1. The first-order chi connectivity index (χ1) is 8.45. The lowest BCUT2D eigenvalue weighted by atomic mass is 10.1. The van der Waals surface area contributed by atoms with Crippen LogP contribution < -0.4 is 10.2 Å². The molecule has 0 bridgehead atoms. The Hall–Kier alpha value is -1.62. The largest absolute Gasteiger partial charge is 0.389 e. The number of amides is 1. The highest BCUT2D eigenvalue weighted by Gasteiger charge is 2.12. The third-order valence-corrected chi connectivity index (χ3v) is 2.62. The number of nitrogens with one attached hydrogen (secondary N) is 1. The van der Waals surface area contributed by atoms with E-state index in [0.717, 1.165) is 0 Å². The maximum absolute atomic E-state index is 13.8. The number of nitrogens with zero attached hydrogens (tertiary/aromatic N) is 1. The zero-order valence-electron chi connectivity index (χ0n) is 10.9. The molecule has 0 aliphatic rings. The molecule has 18 heavy (non-hydrogen) atoms. The molecule has 0 saturated carbocycles. The summed E-state index contributed by atoms with van der Waals surface area (Å²) in [6.07, 6.45) is -0.706. The van der Waals surface area contributed by atoms with Crippen LogP contribution in [0.15, 0.2) is 18.2 Å². The Labute approximate surface area is 106 Å². The van der Waals surface area contributed by atoms with Crippen LogP contribution in [0.2, 0.25) is 0 Å². The third kappa shape index (κ3) is 3.70. The predicted octanol–water partition coefficient (Wildman–Crippen LogP) is 1.45. The standard InChI is InChI=1S/C13H19FN2O2/c1-4-15-13(18)8-16(3)12-6-5-10(9(2)17)7-11(12)14/h5-7,9,17H,4,8H2,1-3H3,(H,15,18)/t9-/m1/s1. The number of carbonyl (C=O) groups excluding carboxylic acids is 1. The van der Waals surface area contributed by atoms with Gasteiger partial charge in [-0.3, -0.25) is 4.79 Å². The fourth-order valence-electron chi connectivity index (χ4n) is 1.65. The van der Waals surface area contributed by atoms with E-state index in [4.69, 9.17) is 0 Å². The first-order valence-electron chi connectivity index (χ1n) is 5.91. The summed E-state index contributed by atoms with van der Waals surface area (Å²) in [6.45, 7) is 4.05. The second-order valence-corrected chi connectivity index (χ2v) is 4.20. The number of aliphatic hydroxyl groups excluding tert-OH is 1. The van der Waals surface area contributed by atoms with E-state index in [1.165, 1.54) is 11.0 Å². The highest BCUT2D eigenvalue weighted by atomic mass is 19.1. The van der Waals surface area contributed by atoms with Crippen molar-refractivity contribution >= 4 is 11.6 Å². The highest BCUT2D eigenvalue weighted by Crippen LogP contribution is 2.22. The highest BCUT2D eigenvalue weighted by molar-refractivity contribution is 5.81. The van der Waals surface area contributed by atoms with E-state index < -0.39 is 11.9 Å². The molecule has 1 aromatic rings. The van der Waals surface area contributed by atoms with Crippen molar-refractivity contribution in [1.82, 2.24) is 5.32 Å². The van der Waals surface area contributed by atoms with Gasteiger partial charge < -0.3 is 15.3 Å². The fourth-order valence-corrected chi connectivity index (χ4v) is 1.65. The molecule has 1 aromatic carbocycles. The lowest BCUT2D eigenvalue weighted by Crippen LogP contribution is -2.35. The van der Waals surface area contributed by atoms with Crippen molar-refractivity contribution in [2.24, 2.45) is 0 Å². The van der Waals surface area contributed by atoms with Gasteiger partial charge in [-0.15, -0.1) is 0 Å². The summed E-state index contributed by atoms with van der Waals surface area (Å²) >= 11 is 0. The SMILES string of the molecule is CCNC(=O)CN(C)c1ccc([C@@H](C)O)cc1F. The first-order valence-corrected chi connectivity index (χ1v) is 5.91. The van der Waals surface area contributed by atoms with Gasteiger partial charge in [0.1, 0.15) is 5.82 Å². The Balaban J connectivity index is 2.80. The van der Waals surface area contributed by atoms with E-state index in [1.807, 2.05) is 6.92 Å². The number of aliphatic hydroxyl groups is 1. The van der Waals surface area contributed by atoms with Gasteiger partial charge in [-0.05, 0) is 31.5 Å². The van der Waals surface area contributed by atoms with Crippen LogP contribution in [0.3, 0.4) is 0 Å². The minimum Gasteiger partial charge on any atom is -0.389 e. The number of benzene rings is 1. The smallest absolute Gasteiger partial charge is 0.239 e. The van der Waals surface area contributed by atoms with Crippen molar-refractivity contribution in [2.45, 2.75) is 20.0 Å². The van der Waals surface area contributed by atoms with Crippen molar-refractivity contribution in [1.29, 1.82) is 0 Å². The van der Waals surface area contributed by atoms with Crippen LogP contribution in [0.5, 0.6) is 0 Å². The van der Waals surface area contributed by atoms with E-state index in [9.17, 15) is 14.3 Å². The van der Waals surface area contributed by atoms with Crippen LogP contribution in [0.4, 0.5) is 10.1 Å². The zero-order valence-corrected chi connectivity index (χ0v) is 10.9. The fraction of sp³-hybridized carbons (Fsp3) is 0.462. The van der Waals surface area contributed by atoms with Crippen LogP contribution in [0.1, 0.15) is 25.5 Å². The minimum absolute atomic E-state index is 0.0960. The number of likely N-dealkylation sites (N-methyl/N-ethyl adjacent to an activating group) is 2. The topological polar surface area (TPSA) is 52.6 Å². The van der Waals surface area contributed by atoms with E-state index in [0.29, 0.717) is 17.8 Å². The Morgan fingerprint density at radius 3 is 2.72 bits per heavy atom. The molecule has 100 valence electrons. The summed E-state index contributed by atoms with van der Waals surface area (Å²) in [7, 11) is 1.65. The van der Waals surface area contributed by atoms with Crippen molar-refractivity contribution in [3.63, 3.8) is 0 Å². The average Bonchev–Trinajstić information content (AvgIpc) is 2.28. The van der Waals surface area contributed by atoms with Gasteiger partial charge in [0.05, 0.1) is 18.3 Å². The summed E-state index contributed by atoms with van der Waals surface area (Å²) in [5.41, 5.74) is 0.855. The summed E-state index contributed by atoms with van der Waals surface area (Å²) in [4.78, 5) is 12.9. The normalized spacial score (nSPS) is 12.1. The van der Waals surface area contributed by atoms with Crippen molar-refractivity contribution in [2.75, 3.05) is 25.0 Å². The summed E-state index contributed by atoms with van der Waals surface area (Å²) in [5.74, 6) is -0.598. The van der Waals surface area contributed by atoms with Gasteiger partial charge in [0.2, 0.25) is 5.91 Å². The van der Waals surface area contributed by atoms with Crippen molar-refractivity contribution in [3.8, 4) is 0 Å². The van der Waals surface area contributed by atoms with Gasteiger partial charge in [-0.25, -0.2) is 4.39 Å². The van der Waals surface area contributed by atoms with Crippen molar-refractivity contribution in [3.05, 3.63) is 29.6 Å². The van der Waals surface area contributed by atoms with Gasteiger partial charge in [-0.1, -0.05) is 6.07 Å². The molecular formula is C13H19FN2O2. The molecule has 0 saturated heterocycles. The molecule has 0 aliphatic heterocycles.